The second kappa shape index (κ2) is 2.96. The van der Waals surface area contributed by atoms with Crippen molar-refractivity contribution in [2.75, 3.05) is 7.11 Å². The topological polar surface area (TPSA) is 9.23 Å². The van der Waals surface area contributed by atoms with Gasteiger partial charge in [0.1, 0.15) is 0 Å². The molecule has 5 heteroatoms. The van der Waals surface area contributed by atoms with Crippen molar-refractivity contribution in [2.24, 2.45) is 0 Å². The van der Waals surface area contributed by atoms with Gasteiger partial charge < -0.3 is 4.74 Å². The molecule has 0 aliphatic heterocycles. The minimum Gasteiger partial charge on any atom is -0.492 e. The number of halogens is 4. The van der Waals surface area contributed by atoms with Gasteiger partial charge in [-0.05, 0) is 0 Å². The van der Waals surface area contributed by atoms with Gasteiger partial charge in [-0.2, -0.15) is 13.2 Å². The summed E-state index contributed by atoms with van der Waals surface area (Å²) in [5.41, 5.74) is 0.347. The molecule has 0 spiro atoms. The van der Waals surface area contributed by atoms with Crippen LogP contribution in [0.5, 0.6) is 0 Å². The molecule has 0 atom stereocenters. The quantitative estimate of drug-likeness (QED) is 0.535. The average molecular weight is 161 g/mol. The lowest BCUT2D eigenvalue weighted by atomic mass is 10.5. The summed E-state index contributed by atoms with van der Waals surface area (Å²) < 4.78 is 38.2. The molecule has 1 nitrogen and oxygen atoms in total. The molecule has 0 rings (SSSR count). The molecule has 0 aromatic rings. The van der Waals surface area contributed by atoms with E-state index in [9.17, 15) is 13.2 Å². The van der Waals surface area contributed by atoms with Crippen LogP contribution >= 0.6 is 11.6 Å². The smallest absolute Gasteiger partial charge is 0.449 e. The molecule has 0 aliphatic carbocycles. The van der Waals surface area contributed by atoms with E-state index in [1.807, 2.05) is 0 Å². The van der Waals surface area contributed by atoms with Crippen LogP contribution in [0.15, 0.2) is 11.3 Å². The van der Waals surface area contributed by atoms with Crippen molar-refractivity contribution in [2.45, 2.75) is 6.18 Å². The average Bonchev–Trinajstić information content (AvgIpc) is 1.65. The molecule has 54 valence electrons. The van der Waals surface area contributed by atoms with Crippen LogP contribution in [0.3, 0.4) is 0 Å². The van der Waals surface area contributed by atoms with Crippen molar-refractivity contribution in [1.29, 1.82) is 0 Å². The molecular formula is C4H4ClF3O. The summed E-state index contributed by atoms with van der Waals surface area (Å²) >= 11 is 4.75. The van der Waals surface area contributed by atoms with Crippen molar-refractivity contribution >= 4 is 11.6 Å². The maximum absolute atomic E-state index is 11.4. The van der Waals surface area contributed by atoms with Crippen LogP contribution in [0, 0.1) is 0 Å². The molecule has 0 unspecified atom stereocenters. The summed E-state index contributed by atoms with van der Waals surface area (Å²) in [5, 5.41) is 0. The van der Waals surface area contributed by atoms with E-state index in [1.165, 1.54) is 0 Å². The second-order valence-corrected chi connectivity index (χ2v) is 1.39. The highest BCUT2D eigenvalue weighted by atomic mass is 35.5. The number of rotatable bonds is 1. The maximum atomic E-state index is 11.4. The SMILES string of the molecule is COC(=CCl)C(F)(F)F. The van der Waals surface area contributed by atoms with E-state index < -0.39 is 11.9 Å². The minimum absolute atomic E-state index is 0.347. The third-order valence-corrected chi connectivity index (χ3v) is 0.797. The van der Waals surface area contributed by atoms with Gasteiger partial charge >= 0.3 is 6.18 Å². The zero-order valence-corrected chi connectivity index (χ0v) is 5.25. The molecule has 0 amide bonds. The molecule has 0 saturated heterocycles. The Morgan fingerprint density at radius 1 is 1.56 bits per heavy atom. The Morgan fingerprint density at radius 2 is 2.00 bits per heavy atom. The Labute approximate surface area is 55.1 Å². The molecule has 0 saturated carbocycles. The number of allylic oxidation sites excluding steroid dienone is 1. The summed E-state index contributed by atoms with van der Waals surface area (Å²) in [5.74, 6) is -1.19. The molecule has 9 heavy (non-hydrogen) atoms. The predicted molar refractivity (Wildman–Crippen MR) is 27.0 cm³/mol. The zero-order valence-electron chi connectivity index (χ0n) is 4.50. The van der Waals surface area contributed by atoms with E-state index in [-0.39, 0.29) is 0 Å². The van der Waals surface area contributed by atoms with Crippen LogP contribution in [-0.4, -0.2) is 13.3 Å². The van der Waals surface area contributed by atoms with Crippen molar-refractivity contribution in [3.63, 3.8) is 0 Å². The van der Waals surface area contributed by atoms with Gasteiger partial charge in [0.25, 0.3) is 0 Å². The van der Waals surface area contributed by atoms with Crippen LogP contribution in [-0.2, 0) is 4.74 Å². The summed E-state index contributed by atoms with van der Waals surface area (Å²) in [6.45, 7) is 0. The molecular weight excluding hydrogens is 156 g/mol. The van der Waals surface area contributed by atoms with E-state index in [0.717, 1.165) is 7.11 Å². The third-order valence-electron chi connectivity index (χ3n) is 0.598. The molecule has 0 bridgehead atoms. The van der Waals surface area contributed by atoms with Crippen LogP contribution in [0.1, 0.15) is 0 Å². The van der Waals surface area contributed by atoms with Crippen molar-refractivity contribution in [3.05, 3.63) is 11.3 Å². The zero-order chi connectivity index (χ0) is 7.49. The Bertz CT molecular complexity index is 117. The third kappa shape index (κ3) is 2.60. The first-order valence-electron chi connectivity index (χ1n) is 1.94. The molecule has 0 heterocycles. The minimum atomic E-state index is -4.48. The number of alkyl halides is 3. The van der Waals surface area contributed by atoms with Gasteiger partial charge in [-0.1, -0.05) is 11.6 Å². The lowest BCUT2D eigenvalue weighted by molar-refractivity contribution is -0.125. The molecule has 0 fully saturated rings. The van der Waals surface area contributed by atoms with Crippen LogP contribution in [0.25, 0.3) is 0 Å². The van der Waals surface area contributed by atoms with Gasteiger partial charge in [0, 0.05) is 0 Å². The molecule has 0 N–H and O–H groups in total. The molecule has 0 aliphatic rings. The lowest BCUT2D eigenvalue weighted by Gasteiger charge is -2.06. The van der Waals surface area contributed by atoms with Crippen molar-refractivity contribution < 1.29 is 17.9 Å². The Hall–Kier alpha value is -0.380. The van der Waals surface area contributed by atoms with E-state index >= 15 is 0 Å². The Kier molecular flexibility index (Phi) is 2.84. The number of hydrogen-bond donors (Lipinski definition) is 0. The predicted octanol–water partition coefficient (Wildman–Crippen LogP) is 2.28. The van der Waals surface area contributed by atoms with E-state index in [0.29, 0.717) is 5.54 Å². The summed E-state index contributed by atoms with van der Waals surface area (Å²) in [7, 11) is 0.904. The normalized spacial score (nSPS) is 13.7. The maximum Gasteiger partial charge on any atom is 0.449 e. The Balaban J connectivity index is 4.14. The van der Waals surface area contributed by atoms with Crippen LogP contribution < -0.4 is 0 Å². The fourth-order valence-corrected chi connectivity index (χ4v) is 0.435. The largest absolute Gasteiger partial charge is 0.492 e. The van der Waals surface area contributed by atoms with Gasteiger partial charge in [0.2, 0.25) is 5.76 Å². The fraction of sp³-hybridized carbons (Fsp3) is 0.500. The standard InChI is InChI=1S/C4H4ClF3O/c1-9-3(2-5)4(6,7)8/h2H,1H3. The fourth-order valence-electron chi connectivity index (χ4n) is 0.222. The van der Waals surface area contributed by atoms with Gasteiger partial charge in [-0.15, -0.1) is 0 Å². The summed E-state index contributed by atoms with van der Waals surface area (Å²) in [4.78, 5) is 0. The number of ether oxygens (including phenoxy) is 1. The van der Waals surface area contributed by atoms with Crippen molar-refractivity contribution in [3.8, 4) is 0 Å². The molecule has 0 aromatic carbocycles. The van der Waals surface area contributed by atoms with Gasteiger partial charge in [-0.3, -0.25) is 0 Å². The highest BCUT2D eigenvalue weighted by Gasteiger charge is 2.34. The van der Waals surface area contributed by atoms with Gasteiger partial charge in [0.15, 0.2) is 0 Å². The van der Waals surface area contributed by atoms with Gasteiger partial charge in [-0.25, -0.2) is 0 Å². The second-order valence-electron chi connectivity index (χ2n) is 1.18. The monoisotopic (exact) mass is 160 g/mol. The van der Waals surface area contributed by atoms with E-state index in [2.05, 4.69) is 4.74 Å². The molecule has 0 radical (unpaired) electrons. The van der Waals surface area contributed by atoms with Crippen molar-refractivity contribution in [1.82, 2.24) is 0 Å². The van der Waals surface area contributed by atoms with Crippen LogP contribution in [0.4, 0.5) is 13.2 Å². The van der Waals surface area contributed by atoms with Crippen LogP contribution in [0.2, 0.25) is 0 Å². The van der Waals surface area contributed by atoms with E-state index in [4.69, 9.17) is 11.6 Å². The number of methoxy groups -OCH3 is 1. The number of hydrogen-bond acceptors (Lipinski definition) is 1. The lowest BCUT2D eigenvalue weighted by Crippen LogP contribution is -2.12. The summed E-state index contributed by atoms with van der Waals surface area (Å²) in [6, 6.07) is 0. The first-order chi connectivity index (χ1) is 4.02. The first kappa shape index (κ1) is 8.62. The highest BCUT2D eigenvalue weighted by molar-refractivity contribution is 6.25. The molecule has 0 aromatic heterocycles. The van der Waals surface area contributed by atoms with Gasteiger partial charge in [0.05, 0.1) is 12.6 Å². The Morgan fingerprint density at radius 3 is 2.00 bits per heavy atom. The first-order valence-corrected chi connectivity index (χ1v) is 2.37. The summed E-state index contributed by atoms with van der Waals surface area (Å²) in [6.07, 6.45) is -4.48. The van der Waals surface area contributed by atoms with E-state index in [1.54, 1.807) is 0 Å². The highest BCUT2D eigenvalue weighted by Crippen LogP contribution is 2.25.